The van der Waals surface area contributed by atoms with E-state index in [0.29, 0.717) is 21.9 Å². The molecule has 6 heteroatoms. The van der Waals surface area contributed by atoms with Gasteiger partial charge in [-0.15, -0.1) is 0 Å². The maximum atomic E-state index is 13.1. The third kappa shape index (κ3) is 2.91. The summed E-state index contributed by atoms with van der Waals surface area (Å²) in [7, 11) is 0. The number of nitrogens with two attached hydrogens (primary N) is 1. The molecule has 88 valence electrons. The smallest absolute Gasteiger partial charge is 0.224 e. The molecule has 0 radical (unpaired) electrons. The number of ether oxygens (including phenoxy) is 1. The van der Waals surface area contributed by atoms with Crippen LogP contribution in [0.1, 0.15) is 5.82 Å². The fourth-order valence-electron chi connectivity index (χ4n) is 1.28. The van der Waals surface area contributed by atoms with Crippen molar-refractivity contribution in [2.45, 2.75) is 6.92 Å². The van der Waals surface area contributed by atoms with Crippen molar-refractivity contribution in [1.82, 2.24) is 9.97 Å². The molecule has 4 nitrogen and oxygen atoms in total. The molecule has 0 aliphatic carbocycles. The van der Waals surface area contributed by atoms with Crippen molar-refractivity contribution in [2.24, 2.45) is 0 Å². The van der Waals surface area contributed by atoms with Crippen LogP contribution in [-0.2, 0) is 0 Å². The third-order valence-corrected chi connectivity index (χ3v) is 2.60. The molecule has 1 aromatic heterocycles. The first-order valence-electron chi connectivity index (χ1n) is 4.78. The SMILES string of the molecule is Cc1nc(N)cc(Oc2cc(F)ccc2Br)n1. The van der Waals surface area contributed by atoms with E-state index < -0.39 is 0 Å². The zero-order valence-corrected chi connectivity index (χ0v) is 10.5. The molecular weight excluding hydrogens is 289 g/mol. The maximum Gasteiger partial charge on any atom is 0.224 e. The topological polar surface area (TPSA) is 61.0 Å². The molecule has 0 atom stereocenters. The Bertz CT molecular complexity index is 542. The van der Waals surface area contributed by atoms with Gasteiger partial charge in [-0.1, -0.05) is 0 Å². The minimum absolute atomic E-state index is 0.279. The summed E-state index contributed by atoms with van der Waals surface area (Å²) < 4.78 is 19.1. The van der Waals surface area contributed by atoms with E-state index in [1.165, 1.54) is 18.2 Å². The first kappa shape index (κ1) is 11.8. The number of aryl methyl sites for hydroxylation is 1. The maximum absolute atomic E-state index is 13.1. The van der Waals surface area contributed by atoms with E-state index in [0.717, 1.165) is 0 Å². The van der Waals surface area contributed by atoms with Crippen LogP contribution in [0.4, 0.5) is 10.2 Å². The highest BCUT2D eigenvalue weighted by molar-refractivity contribution is 9.10. The molecule has 0 saturated carbocycles. The van der Waals surface area contributed by atoms with E-state index in [1.807, 2.05) is 0 Å². The van der Waals surface area contributed by atoms with Crippen LogP contribution in [0.2, 0.25) is 0 Å². The Morgan fingerprint density at radius 1 is 1.29 bits per heavy atom. The first-order chi connectivity index (χ1) is 8.04. The molecule has 1 aromatic carbocycles. The molecule has 0 amide bonds. The van der Waals surface area contributed by atoms with Crippen LogP contribution in [0.5, 0.6) is 11.6 Å². The average molecular weight is 298 g/mol. The molecule has 2 rings (SSSR count). The second kappa shape index (κ2) is 4.67. The van der Waals surface area contributed by atoms with Gasteiger partial charge in [0, 0.05) is 12.1 Å². The largest absolute Gasteiger partial charge is 0.438 e. The minimum Gasteiger partial charge on any atom is -0.438 e. The van der Waals surface area contributed by atoms with Crippen molar-refractivity contribution in [2.75, 3.05) is 5.73 Å². The van der Waals surface area contributed by atoms with Gasteiger partial charge in [-0.2, -0.15) is 4.98 Å². The van der Waals surface area contributed by atoms with Gasteiger partial charge in [0.15, 0.2) is 0 Å². The number of aromatic nitrogens is 2. The normalized spacial score (nSPS) is 10.3. The zero-order valence-electron chi connectivity index (χ0n) is 8.95. The monoisotopic (exact) mass is 297 g/mol. The number of hydrogen-bond donors (Lipinski definition) is 1. The molecule has 0 bridgehead atoms. The predicted molar refractivity (Wildman–Crippen MR) is 65.4 cm³/mol. The Kier molecular flexibility index (Phi) is 3.23. The summed E-state index contributed by atoms with van der Waals surface area (Å²) in [4.78, 5) is 7.96. The molecule has 2 N–H and O–H groups in total. The number of rotatable bonds is 2. The molecule has 0 saturated heterocycles. The van der Waals surface area contributed by atoms with Gasteiger partial charge in [0.1, 0.15) is 23.2 Å². The number of benzene rings is 1. The van der Waals surface area contributed by atoms with Gasteiger partial charge >= 0.3 is 0 Å². The standard InChI is InChI=1S/C11H9BrFN3O/c1-6-15-10(14)5-11(16-6)17-9-4-7(13)2-3-8(9)12/h2-5H,1H3,(H2,14,15,16). The van der Waals surface area contributed by atoms with Gasteiger partial charge in [0.2, 0.25) is 5.88 Å². The number of anilines is 1. The minimum atomic E-state index is -0.387. The van der Waals surface area contributed by atoms with Crippen molar-refractivity contribution in [3.05, 3.63) is 40.4 Å². The molecule has 0 aliphatic rings. The van der Waals surface area contributed by atoms with Crippen molar-refractivity contribution in [3.8, 4) is 11.6 Å². The summed E-state index contributed by atoms with van der Waals surface area (Å²) in [6.45, 7) is 1.70. The van der Waals surface area contributed by atoms with Crippen LogP contribution >= 0.6 is 15.9 Å². The molecule has 0 spiro atoms. The summed E-state index contributed by atoms with van der Waals surface area (Å²) in [6, 6.07) is 5.63. The zero-order chi connectivity index (χ0) is 12.4. The molecule has 2 aromatic rings. The Balaban J connectivity index is 2.34. The van der Waals surface area contributed by atoms with Crippen LogP contribution < -0.4 is 10.5 Å². The van der Waals surface area contributed by atoms with Crippen molar-refractivity contribution >= 4 is 21.7 Å². The predicted octanol–water partition coefficient (Wildman–Crippen LogP) is 3.06. The summed E-state index contributed by atoms with van der Waals surface area (Å²) >= 11 is 3.26. The van der Waals surface area contributed by atoms with Crippen molar-refractivity contribution in [1.29, 1.82) is 0 Å². The lowest BCUT2D eigenvalue weighted by Gasteiger charge is -2.07. The summed E-state index contributed by atoms with van der Waals surface area (Å²) in [5.41, 5.74) is 5.56. The van der Waals surface area contributed by atoms with Gasteiger partial charge in [-0.3, -0.25) is 0 Å². The third-order valence-electron chi connectivity index (χ3n) is 1.94. The molecule has 0 unspecified atom stereocenters. The number of nitrogens with zero attached hydrogens (tertiary/aromatic N) is 2. The Labute approximate surface area is 106 Å². The van der Waals surface area contributed by atoms with Crippen molar-refractivity contribution in [3.63, 3.8) is 0 Å². The van der Waals surface area contributed by atoms with E-state index in [9.17, 15) is 4.39 Å². The van der Waals surface area contributed by atoms with Gasteiger partial charge in [-0.05, 0) is 35.0 Å². The lowest BCUT2D eigenvalue weighted by molar-refractivity contribution is 0.453. The highest BCUT2D eigenvalue weighted by Crippen LogP contribution is 2.29. The van der Waals surface area contributed by atoms with E-state index >= 15 is 0 Å². The van der Waals surface area contributed by atoms with Crippen LogP contribution in [0, 0.1) is 12.7 Å². The van der Waals surface area contributed by atoms with Gasteiger partial charge in [0.05, 0.1) is 4.47 Å². The molecule has 0 fully saturated rings. The highest BCUT2D eigenvalue weighted by atomic mass is 79.9. The fourth-order valence-corrected chi connectivity index (χ4v) is 1.61. The lowest BCUT2D eigenvalue weighted by atomic mass is 10.3. The molecule has 1 heterocycles. The van der Waals surface area contributed by atoms with Gasteiger partial charge < -0.3 is 10.5 Å². The van der Waals surface area contributed by atoms with E-state index in [2.05, 4.69) is 25.9 Å². The van der Waals surface area contributed by atoms with Gasteiger partial charge in [0.25, 0.3) is 0 Å². The number of halogens is 2. The van der Waals surface area contributed by atoms with Gasteiger partial charge in [-0.25, -0.2) is 9.37 Å². The van der Waals surface area contributed by atoms with Crippen molar-refractivity contribution < 1.29 is 9.13 Å². The number of nitrogen functional groups attached to an aromatic ring is 1. The summed E-state index contributed by atoms with van der Waals surface area (Å²) in [5, 5.41) is 0. The lowest BCUT2D eigenvalue weighted by Crippen LogP contribution is -1.98. The Hall–Kier alpha value is -1.69. The Morgan fingerprint density at radius 2 is 2.06 bits per heavy atom. The molecule has 0 aliphatic heterocycles. The quantitative estimate of drug-likeness (QED) is 0.925. The molecule has 17 heavy (non-hydrogen) atoms. The number of hydrogen-bond acceptors (Lipinski definition) is 4. The second-order valence-corrected chi connectivity index (χ2v) is 4.21. The molecular formula is C11H9BrFN3O. The Morgan fingerprint density at radius 3 is 2.76 bits per heavy atom. The van der Waals surface area contributed by atoms with Crippen LogP contribution in [0.15, 0.2) is 28.7 Å². The second-order valence-electron chi connectivity index (χ2n) is 3.36. The van der Waals surface area contributed by atoms with Crippen LogP contribution in [0.25, 0.3) is 0 Å². The fraction of sp³-hybridized carbons (Fsp3) is 0.0909. The van der Waals surface area contributed by atoms with E-state index in [1.54, 1.807) is 13.0 Å². The highest BCUT2D eigenvalue weighted by Gasteiger charge is 2.07. The van der Waals surface area contributed by atoms with E-state index in [-0.39, 0.29) is 11.7 Å². The summed E-state index contributed by atoms with van der Waals surface area (Å²) in [5.74, 6) is 1.03. The van der Waals surface area contributed by atoms with E-state index in [4.69, 9.17) is 10.5 Å². The average Bonchev–Trinajstić information content (AvgIpc) is 2.22. The van der Waals surface area contributed by atoms with Crippen LogP contribution in [0.3, 0.4) is 0 Å². The van der Waals surface area contributed by atoms with Crippen LogP contribution in [-0.4, -0.2) is 9.97 Å². The first-order valence-corrected chi connectivity index (χ1v) is 5.58. The summed E-state index contributed by atoms with van der Waals surface area (Å²) in [6.07, 6.45) is 0.